The summed E-state index contributed by atoms with van der Waals surface area (Å²) >= 11 is 0. The Morgan fingerprint density at radius 2 is 1.79 bits per heavy atom. The maximum Gasteiger partial charge on any atom is 0.276 e. The largest absolute Gasteiger partial charge is 0.455 e. The van der Waals surface area contributed by atoms with Gasteiger partial charge in [-0.2, -0.15) is 0 Å². The number of fused-ring (bicyclic) bond motifs is 2. The van der Waals surface area contributed by atoms with Gasteiger partial charge in [0.2, 0.25) is 10.0 Å². The molecule has 0 saturated carbocycles. The lowest BCUT2D eigenvalue weighted by Gasteiger charge is -2.20. The third kappa shape index (κ3) is 4.83. The van der Waals surface area contributed by atoms with E-state index in [4.69, 9.17) is 4.42 Å². The second-order valence-electron chi connectivity index (χ2n) is 9.84. The molecule has 0 aliphatic rings. The van der Waals surface area contributed by atoms with E-state index in [2.05, 4.69) is 20.3 Å². The molecular weight excluding hydrogens is 580 g/mol. The summed E-state index contributed by atoms with van der Waals surface area (Å²) in [7, 11) is -1.02. The summed E-state index contributed by atoms with van der Waals surface area (Å²) in [6.07, 6.45) is 2.34. The fourth-order valence-electron chi connectivity index (χ4n) is 4.90. The molecule has 0 radical (unpaired) electrons. The van der Waals surface area contributed by atoms with Crippen LogP contribution in [0.5, 0.6) is 0 Å². The van der Waals surface area contributed by atoms with Crippen LogP contribution in [0.3, 0.4) is 0 Å². The van der Waals surface area contributed by atoms with Gasteiger partial charge in [-0.3, -0.25) is 13.9 Å². The van der Waals surface area contributed by atoms with Crippen LogP contribution in [0.2, 0.25) is 0 Å². The first-order valence-corrected chi connectivity index (χ1v) is 14.7. The number of anilines is 1. The Bertz CT molecular complexity index is 2240. The van der Waals surface area contributed by atoms with Crippen LogP contribution in [-0.2, 0) is 10.0 Å². The van der Waals surface area contributed by atoms with Gasteiger partial charge < -0.3 is 19.7 Å². The molecule has 3 aromatic carbocycles. The van der Waals surface area contributed by atoms with Gasteiger partial charge in [-0.05, 0) is 48.5 Å². The zero-order valence-electron chi connectivity index (χ0n) is 23.0. The predicted molar refractivity (Wildman–Crippen MR) is 159 cm³/mol. The Kier molecular flexibility index (Phi) is 6.61. The number of H-pyrrole nitrogens is 2. The number of hydrogen-bond donors (Lipinski definition) is 3. The summed E-state index contributed by atoms with van der Waals surface area (Å²) < 4.78 is 60.5. The number of nitrogens with zero attached hydrogens (tertiary/aromatic N) is 2. The normalized spacial score (nSPS) is 11.7. The van der Waals surface area contributed by atoms with Gasteiger partial charge in [-0.1, -0.05) is 6.07 Å². The number of benzene rings is 3. The van der Waals surface area contributed by atoms with Crippen LogP contribution >= 0.6 is 0 Å². The van der Waals surface area contributed by atoms with Crippen molar-refractivity contribution in [2.75, 3.05) is 24.7 Å². The Morgan fingerprint density at radius 3 is 2.47 bits per heavy atom. The van der Waals surface area contributed by atoms with Crippen molar-refractivity contribution in [3.63, 3.8) is 0 Å². The minimum Gasteiger partial charge on any atom is -0.455 e. The highest BCUT2D eigenvalue weighted by Crippen LogP contribution is 2.41. The van der Waals surface area contributed by atoms with Gasteiger partial charge in [0.15, 0.2) is 5.69 Å². The molecule has 218 valence electrons. The Balaban J connectivity index is 1.63. The lowest BCUT2D eigenvalue weighted by molar-refractivity contribution is 0.0964. The Morgan fingerprint density at radius 1 is 1.05 bits per heavy atom. The number of amides is 1. The van der Waals surface area contributed by atoms with Crippen LogP contribution in [0.4, 0.5) is 14.5 Å². The highest BCUT2D eigenvalue weighted by atomic mass is 32.2. The second kappa shape index (κ2) is 10.2. The molecule has 0 aliphatic carbocycles. The Hall–Kier alpha value is -5.30. The predicted octanol–water partition coefficient (Wildman–Crippen LogP) is 5.03. The summed E-state index contributed by atoms with van der Waals surface area (Å²) in [5.41, 5.74) is 1.37. The first-order chi connectivity index (χ1) is 20.5. The molecule has 3 N–H and O–H groups in total. The van der Waals surface area contributed by atoms with Gasteiger partial charge in [0, 0.05) is 53.8 Å². The maximum absolute atomic E-state index is 14.4. The number of carbonyl (C=O) groups is 1. The summed E-state index contributed by atoms with van der Waals surface area (Å²) in [5.74, 6) is -1.30. The van der Waals surface area contributed by atoms with Crippen molar-refractivity contribution in [2.24, 2.45) is 0 Å². The van der Waals surface area contributed by atoms with Gasteiger partial charge in [0.25, 0.3) is 11.5 Å². The number of sulfonamides is 1. The number of hydrogen-bond acceptors (Lipinski definition) is 6. The van der Waals surface area contributed by atoms with Crippen molar-refractivity contribution in [3.8, 4) is 34.0 Å². The standard InChI is InChI=1S/C30H23F2N5O5S/c1-33-29(38)26-19-11-18(23-14-34-30(39)27(36-23)22-12-17-20(32)5-4-6-21(17)35-22)24(37(2)43(3,40)41)13-25(19)42-28(26)15-7-9-16(31)10-8-15/h4-14,35H,1-3H3,(H,33,38)(H,34,39). The molecule has 13 heteroatoms. The van der Waals surface area contributed by atoms with Crippen LogP contribution in [0.1, 0.15) is 10.4 Å². The van der Waals surface area contributed by atoms with Gasteiger partial charge >= 0.3 is 0 Å². The minimum absolute atomic E-state index is 0.0631. The van der Waals surface area contributed by atoms with Crippen molar-refractivity contribution in [1.29, 1.82) is 0 Å². The first-order valence-electron chi connectivity index (χ1n) is 12.9. The highest BCUT2D eigenvalue weighted by Gasteiger charge is 2.27. The number of carbonyl (C=O) groups excluding carboxylic acids is 1. The third-order valence-corrected chi connectivity index (χ3v) is 8.32. The van der Waals surface area contributed by atoms with Gasteiger partial charge in [0.05, 0.1) is 28.9 Å². The lowest BCUT2D eigenvalue weighted by atomic mass is 10.0. The third-order valence-electron chi connectivity index (χ3n) is 7.13. The average Bonchev–Trinajstić information content (AvgIpc) is 3.58. The van der Waals surface area contributed by atoms with Gasteiger partial charge in [-0.25, -0.2) is 22.2 Å². The lowest BCUT2D eigenvalue weighted by Crippen LogP contribution is -2.25. The molecule has 10 nitrogen and oxygen atoms in total. The van der Waals surface area contributed by atoms with E-state index < -0.39 is 33.1 Å². The molecular formula is C30H23F2N5O5S. The fourth-order valence-corrected chi connectivity index (χ4v) is 5.41. The van der Waals surface area contributed by atoms with Crippen LogP contribution in [0.25, 0.3) is 55.8 Å². The molecule has 0 spiro atoms. The highest BCUT2D eigenvalue weighted by molar-refractivity contribution is 7.92. The van der Waals surface area contributed by atoms with Crippen molar-refractivity contribution in [3.05, 3.63) is 94.4 Å². The number of aromatic nitrogens is 3. The van der Waals surface area contributed by atoms with E-state index in [-0.39, 0.29) is 50.6 Å². The smallest absolute Gasteiger partial charge is 0.276 e. The van der Waals surface area contributed by atoms with Crippen LogP contribution < -0.4 is 15.2 Å². The number of rotatable bonds is 6. The van der Waals surface area contributed by atoms with Gasteiger partial charge in [0.1, 0.15) is 23.0 Å². The molecule has 6 rings (SSSR count). The molecule has 3 heterocycles. The number of nitrogens with one attached hydrogen (secondary N) is 3. The quantitative estimate of drug-likeness (QED) is 0.244. The first kappa shape index (κ1) is 27.8. The molecule has 0 aliphatic heterocycles. The zero-order valence-corrected chi connectivity index (χ0v) is 23.8. The molecule has 3 aromatic heterocycles. The van der Waals surface area contributed by atoms with E-state index in [1.54, 1.807) is 12.1 Å². The molecule has 0 atom stereocenters. The van der Waals surface area contributed by atoms with Crippen LogP contribution in [0, 0.1) is 11.6 Å². The second-order valence-corrected chi connectivity index (χ2v) is 11.8. The molecule has 0 saturated heterocycles. The van der Waals surface area contributed by atoms with Gasteiger partial charge in [-0.15, -0.1) is 0 Å². The number of aromatic amines is 2. The molecule has 1 amide bonds. The van der Waals surface area contributed by atoms with Crippen LogP contribution in [-0.4, -0.2) is 49.6 Å². The molecule has 0 fully saturated rings. The topological polar surface area (TPSA) is 141 Å². The molecule has 0 bridgehead atoms. The molecule has 43 heavy (non-hydrogen) atoms. The number of halogens is 2. The fraction of sp³-hybridized carbons (Fsp3) is 0.100. The van der Waals surface area contributed by atoms with Crippen molar-refractivity contribution in [1.82, 2.24) is 20.3 Å². The maximum atomic E-state index is 14.4. The van der Waals surface area contributed by atoms with E-state index in [1.807, 2.05) is 0 Å². The van der Waals surface area contributed by atoms with E-state index in [0.29, 0.717) is 16.5 Å². The monoisotopic (exact) mass is 603 g/mol. The SMILES string of the molecule is CNC(=O)c1c(-c2ccc(F)cc2)oc2cc(N(C)S(C)(=O)=O)c(-c3c[nH]c(=O)c(-c4cc5c(F)cccc5[nH]4)n3)cc12. The summed E-state index contributed by atoms with van der Waals surface area (Å²) in [4.78, 5) is 36.2. The van der Waals surface area contributed by atoms with Crippen LogP contribution in [0.15, 0.2) is 76.1 Å². The van der Waals surface area contributed by atoms with Crippen molar-refractivity contribution >= 4 is 43.5 Å². The summed E-state index contributed by atoms with van der Waals surface area (Å²) in [6, 6.07) is 14.3. The van der Waals surface area contributed by atoms with E-state index in [9.17, 15) is 26.8 Å². The van der Waals surface area contributed by atoms with E-state index in [1.165, 1.54) is 68.8 Å². The molecule has 0 unspecified atom stereocenters. The average molecular weight is 604 g/mol. The van der Waals surface area contributed by atoms with Crippen molar-refractivity contribution in [2.45, 2.75) is 0 Å². The molecule has 6 aromatic rings. The minimum atomic E-state index is -3.81. The summed E-state index contributed by atoms with van der Waals surface area (Å²) in [5, 5.41) is 3.17. The number of furan rings is 1. The van der Waals surface area contributed by atoms with Crippen molar-refractivity contribution < 1.29 is 26.4 Å². The summed E-state index contributed by atoms with van der Waals surface area (Å²) in [6.45, 7) is 0. The zero-order chi connectivity index (χ0) is 30.6. The van der Waals surface area contributed by atoms with E-state index in [0.717, 1.165) is 10.6 Å². The van der Waals surface area contributed by atoms with E-state index >= 15 is 0 Å². The Labute approximate surface area is 243 Å².